The van der Waals surface area contributed by atoms with Gasteiger partial charge in [-0.2, -0.15) is 0 Å². The first-order valence-electron chi connectivity index (χ1n) is 4.06. The summed E-state index contributed by atoms with van der Waals surface area (Å²) < 4.78 is 0. The molecule has 9 heavy (non-hydrogen) atoms. The smallest absolute Gasteiger partial charge is 0.0193 e. The van der Waals surface area contributed by atoms with E-state index in [0.717, 1.165) is 5.92 Å². The first-order chi connectivity index (χ1) is 4.31. The zero-order chi connectivity index (χ0) is 6.32. The second kappa shape index (κ2) is 1.72. The molecule has 1 aliphatic heterocycles. The van der Waals surface area contributed by atoms with Crippen molar-refractivity contribution in [1.82, 2.24) is 5.32 Å². The Balaban J connectivity index is 2.05. The minimum Gasteiger partial charge on any atom is -0.311 e. The van der Waals surface area contributed by atoms with E-state index in [2.05, 4.69) is 12.2 Å². The van der Waals surface area contributed by atoms with Crippen LogP contribution in [0.3, 0.4) is 0 Å². The highest BCUT2D eigenvalue weighted by Crippen LogP contribution is 2.38. The molecule has 1 nitrogen and oxygen atoms in total. The van der Waals surface area contributed by atoms with Gasteiger partial charge in [0.25, 0.3) is 0 Å². The minimum absolute atomic E-state index is 0.568. The number of rotatable bonds is 0. The standard InChI is InChI=1S/C8H15N/c1-8-5-3-2-4-7(8)6-9-8/h7,9H,2-6H2,1H3. The van der Waals surface area contributed by atoms with Gasteiger partial charge in [-0.25, -0.2) is 0 Å². The van der Waals surface area contributed by atoms with E-state index in [9.17, 15) is 0 Å². The molecule has 0 aromatic heterocycles. The Morgan fingerprint density at radius 1 is 1.44 bits per heavy atom. The van der Waals surface area contributed by atoms with Gasteiger partial charge in [-0.05, 0) is 25.7 Å². The van der Waals surface area contributed by atoms with Crippen LogP contribution in [0.2, 0.25) is 0 Å². The van der Waals surface area contributed by atoms with Gasteiger partial charge in [-0.15, -0.1) is 0 Å². The average Bonchev–Trinajstić information content (AvgIpc) is 1.82. The zero-order valence-electron chi connectivity index (χ0n) is 6.11. The van der Waals surface area contributed by atoms with E-state index >= 15 is 0 Å². The van der Waals surface area contributed by atoms with Crippen molar-refractivity contribution in [2.75, 3.05) is 6.54 Å². The summed E-state index contributed by atoms with van der Waals surface area (Å²) in [5.41, 5.74) is 0.568. The molecule has 0 radical (unpaired) electrons. The molecule has 52 valence electrons. The van der Waals surface area contributed by atoms with Crippen LogP contribution in [0.4, 0.5) is 0 Å². The van der Waals surface area contributed by atoms with Gasteiger partial charge >= 0.3 is 0 Å². The molecule has 1 saturated heterocycles. The van der Waals surface area contributed by atoms with E-state index in [1.54, 1.807) is 0 Å². The second-order valence-corrected chi connectivity index (χ2v) is 3.74. The Hall–Kier alpha value is -0.0400. The van der Waals surface area contributed by atoms with E-state index in [-0.39, 0.29) is 0 Å². The van der Waals surface area contributed by atoms with Crippen LogP contribution in [-0.4, -0.2) is 12.1 Å². The fourth-order valence-corrected chi connectivity index (χ4v) is 2.19. The number of hydrogen-bond donors (Lipinski definition) is 1. The Kier molecular flexibility index (Phi) is 1.10. The van der Waals surface area contributed by atoms with Crippen molar-refractivity contribution in [2.45, 2.75) is 38.1 Å². The number of hydrogen-bond acceptors (Lipinski definition) is 1. The average molecular weight is 125 g/mol. The maximum Gasteiger partial charge on any atom is 0.0193 e. The molecule has 0 amide bonds. The van der Waals surface area contributed by atoms with E-state index in [1.165, 1.54) is 32.2 Å². The van der Waals surface area contributed by atoms with Crippen molar-refractivity contribution in [3.05, 3.63) is 0 Å². The van der Waals surface area contributed by atoms with Gasteiger partial charge in [0.2, 0.25) is 0 Å². The molecule has 2 fully saturated rings. The molecule has 1 N–H and O–H groups in total. The molecule has 1 heterocycles. The molecule has 0 bridgehead atoms. The lowest BCUT2D eigenvalue weighted by Gasteiger charge is -2.51. The van der Waals surface area contributed by atoms with Crippen LogP contribution in [0.5, 0.6) is 0 Å². The van der Waals surface area contributed by atoms with Crippen LogP contribution >= 0.6 is 0 Å². The lowest BCUT2D eigenvalue weighted by atomic mass is 9.68. The maximum atomic E-state index is 3.52. The van der Waals surface area contributed by atoms with Gasteiger partial charge < -0.3 is 5.32 Å². The predicted octanol–water partition coefficient (Wildman–Crippen LogP) is 1.54. The summed E-state index contributed by atoms with van der Waals surface area (Å²) in [5.74, 6) is 1.02. The molecule has 0 spiro atoms. The van der Waals surface area contributed by atoms with Crippen molar-refractivity contribution in [2.24, 2.45) is 5.92 Å². The molecule has 1 heteroatoms. The fraction of sp³-hybridized carbons (Fsp3) is 1.00. The van der Waals surface area contributed by atoms with Gasteiger partial charge in [0.15, 0.2) is 0 Å². The number of fused-ring (bicyclic) bond motifs is 1. The Labute approximate surface area is 56.8 Å². The summed E-state index contributed by atoms with van der Waals surface area (Å²) in [5, 5.41) is 3.52. The van der Waals surface area contributed by atoms with E-state index in [4.69, 9.17) is 0 Å². The molecular weight excluding hydrogens is 110 g/mol. The fourth-order valence-electron chi connectivity index (χ4n) is 2.19. The van der Waals surface area contributed by atoms with Gasteiger partial charge in [0, 0.05) is 12.1 Å². The zero-order valence-corrected chi connectivity index (χ0v) is 6.11. The summed E-state index contributed by atoms with van der Waals surface area (Å²) in [4.78, 5) is 0. The summed E-state index contributed by atoms with van der Waals surface area (Å²) in [6.07, 6.45) is 5.81. The second-order valence-electron chi connectivity index (χ2n) is 3.74. The van der Waals surface area contributed by atoms with Crippen molar-refractivity contribution >= 4 is 0 Å². The third-order valence-corrected chi connectivity index (χ3v) is 3.15. The minimum atomic E-state index is 0.568. The van der Waals surface area contributed by atoms with Crippen molar-refractivity contribution in [1.29, 1.82) is 0 Å². The maximum absolute atomic E-state index is 3.52. The normalized spacial score (nSPS) is 49.7. The van der Waals surface area contributed by atoms with Crippen LogP contribution in [0.15, 0.2) is 0 Å². The summed E-state index contributed by atoms with van der Waals surface area (Å²) in [6.45, 7) is 3.66. The highest BCUT2D eigenvalue weighted by molar-refractivity contribution is 5.02. The van der Waals surface area contributed by atoms with Crippen LogP contribution in [-0.2, 0) is 0 Å². The van der Waals surface area contributed by atoms with Crippen molar-refractivity contribution in [3.63, 3.8) is 0 Å². The van der Waals surface area contributed by atoms with Crippen LogP contribution in [0.1, 0.15) is 32.6 Å². The first-order valence-corrected chi connectivity index (χ1v) is 4.06. The number of nitrogens with one attached hydrogen (secondary N) is 1. The molecule has 2 atom stereocenters. The van der Waals surface area contributed by atoms with Gasteiger partial charge in [0.05, 0.1) is 0 Å². The quantitative estimate of drug-likeness (QED) is 0.518. The van der Waals surface area contributed by atoms with Crippen molar-refractivity contribution < 1.29 is 0 Å². The van der Waals surface area contributed by atoms with Gasteiger partial charge in [-0.3, -0.25) is 0 Å². The monoisotopic (exact) mass is 125 g/mol. The van der Waals surface area contributed by atoms with E-state index in [0.29, 0.717) is 5.54 Å². The first kappa shape index (κ1) is 5.72. The summed E-state index contributed by atoms with van der Waals surface area (Å²) in [7, 11) is 0. The summed E-state index contributed by atoms with van der Waals surface area (Å²) >= 11 is 0. The molecule has 2 aliphatic rings. The van der Waals surface area contributed by atoms with Gasteiger partial charge in [-0.1, -0.05) is 12.8 Å². The molecular formula is C8H15N. The molecule has 0 aromatic rings. The topological polar surface area (TPSA) is 12.0 Å². The third-order valence-electron chi connectivity index (χ3n) is 3.15. The molecule has 0 aromatic carbocycles. The van der Waals surface area contributed by atoms with Crippen LogP contribution < -0.4 is 5.32 Å². The molecule has 1 aliphatic carbocycles. The van der Waals surface area contributed by atoms with Gasteiger partial charge in [0.1, 0.15) is 0 Å². The highest BCUT2D eigenvalue weighted by atomic mass is 15.1. The van der Waals surface area contributed by atoms with Crippen LogP contribution in [0, 0.1) is 5.92 Å². The lowest BCUT2D eigenvalue weighted by Crippen LogP contribution is -2.64. The Morgan fingerprint density at radius 2 is 2.33 bits per heavy atom. The highest BCUT2D eigenvalue weighted by Gasteiger charge is 2.42. The van der Waals surface area contributed by atoms with Crippen LogP contribution in [0.25, 0.3) is 0 Å². The predicted molar refractivity (Wildman–Crippen MR) is 38.4 cm³/mol. The van der Waals surface area contributed by atoms with Crippen molar-refractivity contribution in [3.8, 4) is 0 Å². The molecule has 2 unspecified atom stereocenters. The third kappa shape index (κ3) is 0.710. The molecule has 2 rings (SSSR count). The lowest BCUT2D eigenvalue weighted by molar-refractivity contribution is 0.0686. The SMILES string of the molecule is CC12CCCCC1CN2. The Morgan fingerprint density at radius 3 is 2.67 bits per heavy atom. The molecule has 1 saturated carbocycles. The largest absolute Gasteiger partial charge is 0.311 e. The Bertz CT molecular complexity index is 122. The summed E-state index contributed by atoms with van der Waals surface area (Å²) in [6, 6.07) is 0. The van der Waals surface area contributed by atoms with E-state index < -0.39 is 0 Å². The van der Waals surface area contributed by atoms with E-state index in [1.807, 2.05) is 0 Å².